The van der Waals surface area contributed by atoms with E-state index in [1.165, 1.54) is 0 Å². The third kappa shape index (κ3) is 2.86. The summed E-state index contributed by atoms with van der Waals surface area (Å²) in [5, 5.41) is 29.2. The number of carboxylic acid groups (broad SMARTS) is 1. The summed E-state index contributed by atoms with van der Waals surface area (Å²) in [6.45, 7) is -0.243. The first-order valence-electron chi connectivity index (χ1n) is 4.38. The minimum Gasteiger partial charge on any atom is -0.465 e. The number of aliphatic hydroxyl groups excluding tert-OH is 1. The van der Waals surface area contributed by atoms with Crippen LogP contribution in [0.25, 0.3) is 0 Å². The molecule has 0 atom stereocenters. The number of hydrogen-bond acceptors (Lipinski definition) is 3. The Hall–Kier alpha value is -0.810. The van der Waals surface area contributed by atoms with Gasteiger partial charge in [-0.2, -0.15) is 0 Å². The van der Waals surface area contributed by atoms with Crippen LogP contribution in [0.2, 0.25) is 0 Å². The number of aliphatic hydroxyl groups is 2. The molecule has 1 amide bonds. The number of hydrogen-bond donors (Lipinski definition) is 4. The van der Waals surface area contributed by atoms with Crippen molar-refractivity contribution in [1.29, 1.82) is 0 Å². The molecule has 1 rings (SSSR count). The van der Waals surface area contributed by atoms with Crippen molar-refractivity contribution in [3.05, 3.63) is 0 Å². The summed E-state index contributed by atoms with van der Waals surface area (Å²) in [6, 6.07) is -0.0793. The van der Waals surface area contributed by atoms with Gasteiger partial charge in [0, 0.05) is 6.04 Å². The average Bonchev–Trinajstić information content (AvgIpc) is 2.09. The maximum absolute atomic E-state index is 10.3. The average molecular weight is 189 g/mol. The smallest absolute Gasteiger partial charge is 0.404 e. The largest absolute Gasteiger partial charge is 0.465 e. The molecule has 0 bridgehead atoms. The Morgan fingerprint density at radius 1 is 1.46 bits per heavy atom. The Kier molecular flexibility index (Phi) is 3.11. The SMILES string of the molecule is O=C(O)NC1CCC(O)(CO)CC1. The molecule has 0 spiro atoms. The van der Waals surface area contributed by atoms with Gasteiger partial charge in [-0.25, -0.2) is 4.79 Å². The van der Waals surface area contributed by atoms with Crippen LogP contribution in [-0.4, -0.2) is 39.7 Å². The fourth-order valence-electron chi connectivity index (χ4n) is 1.63. The highest BCUT2D eigenvalue weighted by Crippen LogP contribution is 2.27. The minimum atomic E-state index is -1.03. The van der Waals surface area contributed by atoms with E-state index in [9.17, 15) is 9.90 Å². The van der Waals surface area contributed by atoms with Gasteiger partial charge in [0.05, 0.1) is 12.2 Å². The van der Waals surface area contributed by atoms with Crippen LogP contribution in [0.5, 0.6) is 0 Å². The third-order valence-corrected chi connectivity index (χ3v) is 2.54. The summed E-state index contributed by atoms with van der Waals surface area (Å²) in [6.07, 6.45) is 1.05. The van der Waals surface area contributed by atoms with Crippen molar-refractivity contribution in [2.24, 2.45) is 0 Å². The maximum Gasteiger partial charge on any atom is 0.404 e. The van der Waals surface area contributed by atoms with Gasteiger partial charge in [-0.1, -0.05) is 0 Å². The molecule has 1 aliphatic carbocycles. The lowest BCUT2D eigenvalue weighted by Gasteiger charge is -2.34. The van der Waals surface area contributed by atoms with Gasteiger partial charge in [-0.15, -0.1) is 0 Å². The van der Waals surface area contributed by atoms with Gasteiger partial charge in [0.25, 0.3) is 0 Å². The monoisotopic (exact) mass is 189 g/mol. The zero-order chi connectivity index (χ0) is 9.90. The Morgan fingerprint density at radius 2 is 2.00 bits per heavy atom. The van der Waals surface area contributed by atoms with Gasteiger partial charge in [-0.3, -0.25) is 0 Å². The van der Waals surface area contributed by atoms with Crippen molar-refractivity contribution in [1.82, 2.24) is 5.32 Å². The first kappa shape index (κ1) is 10.3. The quantitative estimate of drug-likeness (QED) is 0.489. The van der Waals surface area contributed by atoms with Crippen LogP contribution in [0.3, 0.4) is 0 Å². The molecule has 1 saturated carbocycles. The van der Waals surface area contributed by atoms with Gasteiger partial charge in [0.15, 0.2) is 0 Å². The van der Waals surface area contributed by atoms with E-state index in [-0.39, 0.29) is 12.6 Å². The molecule has 1 aliphatic rings. The standard InChI is InChI=1S/C8H15NO4/c10-5-8(13)3-1-6(2-4-8)9-7(11)12/h6,9-10,13H,1-5H2,(H,11,12). The molecule has 0 aromatic carbocycles. The maximum atomic E-state index is 10.3. The predicted octanol–water partition coefficient (Wildman–Crippen LogP) is -0.0800. The fraction of sp³-hybridized carbons (Fsp3) is 0.875. The molecule has 0 aromatic rings. The molecule has 5 nitrogen and oxygen atoms in total. The van der Waals surface area contributed by atoms with Crippen LogP contribution in [-0.2, 0) is 0 Å². The van der Waals surface area contributed by atoms with Crippen molar-refractivity contribution in [2.75, 3.05) is 6.61 Å². The Morgan fingerprint density at radius 3 is 2.38 bits per heavy atom. The summed E-state index contributed by atoms with van der Waals surface area (Å²) in [5.74, 6) is 0. The summed E-state index contributed by atoms with van der Waals surface area (Å²) in [4.78, 5) is 10.3. The highest BCUT2D eigenvalue weighted by Gasteiger charge is 2.32. The second-order valence-electron chi connectivity index (χ2n) is 3.61. The molecule has 5 heteroatoms. The Bertz CT molecular complexity index is 187. The summed E-state index contributed by atoms with van der Waals surface area (Å²) in [7, 11) is 0. The van der Waals surface area contributed by atoms with Crippen LogP contribution in [0.4, 0.5) is 4.79 Å². The van der Waals surface area contributed by atoms with Crippen LogP contribution >= 0.6 is 0 Å². The van der Waals surface area contributed by atoms with E-state index in [2.05, 4.69) is 5.32 Å². The molecule has 0 aromatic heterocycles. The third-order valence-electron chi connectivity index (χ3n) is 2.54. The summed E-state index contributed by atoms with van der Waals surface area (Å²) >= 11 is 0. The van der Waals surface area contributed by atoms with Crippen molar-refractivity contribution in [3.8, 4) is 0 Å². The highest BCUT2D eigenvalue weighted by molar-refractivity contribution is 5.64. The predicted molar refractivity (Wildman–Crippen MR) is 45.5 cm³/mol. The zero-order valence-corrected chi connectivity index (χ0v) is 7.36. The molecular weight excluding hydrogens is 174 g/mol. The van der Waals surface area contributed by atoms with Crippen molar-refractivity contribution in [3.63, 3.8) is 0 Å². The molecule has 13 heavy (non-hydrogen) atoms. The van der Waals surface area contributed by atoms with E-state index in [0.717, 1.165) is 0 Å². The molecular formula is C8H15NO4. The van der Waals surface area contributed by atoms with E-state index in [0.29, 0.717) is 25.7 Å². The van der Waals surface area contributed by atoms with Gasteiger partial charge >= 0.3 is 6.09 Å². The van der Waals surface area contributed by atoms with Gasteiger partial charge < -0.3 is 20.6 Å². The molecule has 1 fully saturated rings. The van der Waals surface area contributed by atoms with Crippen molar-refractivity contribution < 1.29 is 20.1 Å². The molecule has 0 unspecified atom stereocenters. The van der Waals surface area contributed by atoms with Crippen LogP contribution in [0.15, 0.2) is 0 Å². The van der Waals surface area contributed by atoms with Gasteiger partial charge in [-0.05, 0) is 25.7 Å². The van der Waals surface area contributed by atoms with E-state index < -0.39 is 11.7 Å². The molecule has 0 saturated heterocycles. The molecule has 76 valence electrons. The van der Waals surface area contributed by atoms with E-state index in [1.807, 2.05) is 0 Å². The fourth-order valence-corrected chi connectivity index (χ4v) is 1.63. The molecule has 0 aliphatic heterocycles. The van der Waals surface area contributed by atoms with Crippen molar-refractivity contribution in [2.45, 2.75) is 37.3 Å². The van der Waals surface area contributed by atoms with Gasteiger partial charge in [0.1, 0.15) is 0 Å². The first-order chi connectivity index (χ1) is 6.06. The topological polar surface area (TPSA) is 89.8 Å². The second-order valence-corrected chi connectivity index (χ2v) is 3.61. The lowest BCUT2D eigenvalue weighted by molar-refractivity contribution is -0.0469. The van der Waals surface area contributed by atoms with Crippen LogP contribution in [0, 0.1) is 0 Å². The molecule has 4 N–H and O–H groups in total. The van der Waals surface area contributed by atoms with E-state index in [4.69, 9.17) is 10.2 Å². The normalized spacial score (nSPS) is 34.2. The van der Waals surface area contributed by atoms with Gasteiger partial charge in [0.2, 0.25) is 0 Å². The Labute approximate surface area is 76.4 Å². The lowest BCUT2D eigenvalue weighted by atomic mass is 9.83. The highest BCUT2D eigenvalue weighted by atomic mass is 16.4. The summed E-state index contributed by atoms with van der Waals surface area (Å²) < 4.78 is 0. The number of carbonyl (C=O) groups is 1. The van der Waals surface area contributed by atoms with E-state index in [1.54, 1.807) is 0 Å². The number of rotatable bonds is 2. The number of nitrogens with one attached hydrogen (secondary N) is 1. The first-order valence-corrected chi connectivity index (χ1v) is 4.38. The summed E-state index contributed by atoms with van der Waals surface area (Å²) in [5.41, 5.74) is -0.989. The Balaban J connectivity index is 2.34. The second kappa shape index (κ2) is 3.93. The minimum absolute atomic E-state index is 0.0793. The number of amides is 1. The molecule has 0 radical (unpaired) electrons. The van der Waals surface area contributed by atoms with E-state index >= 15 is 0 Å². The lowest BCUT2D eigenvalue weighted by Crippen LogP contribution is -2.44. The van der Waals surface area contributed by atoms with Crippen LogP contribution < -0.4 is 5.32 Å². The van der Waals surface area contributed by atoms with Crippen LogP contribution in [0.1, 0.15) is 25.7 Å². The molecule has 0 heterocycles. The van der Waals surface area contributed by atoms with Crippen molar-refractivity contribution >= 4 is 6.09 Å². The zero-order valence-electron chi connectivity index (χ0n) is 7.36.